The summed E-state index contributed by atoms with van der Waals surface area (Å²) in [6.07, 6.45) is 5.25. The third kappa shape index (κ3) is 6.54. The third-order valence-electron chi connectivity index (χ3n) is 5.25. The number of fused-ring (bicyclic) bond motifs is 1. The predicted octanol–water partition coefficient (Wildman–Crippen LogP) is 5.42. The number of nitrogens with two attached hydrogens (primary N) is 2. The molecule has 0 saturated heterocycles. The molecule has 9 heteroatoms. The van der Waals surface area contributed by atoms with Gasteiger partial charge in [0.1, 0.15) is 17.0 Å². The van der Waals surface area contributed by atoms with Crippen molar-refractivity contribution in [2.75, 3.05) is 12.3 Å². The van der Waals surface area contributed by atoms with Crippen molar-refractivity contribution < 1.29 is 9.84 Å². The van der Waals surface area contributed by atoms with Crippen molar-refractivity contribution in [1.29, 1.82) is 0 Å². The van der Waals surface area contributed by atoms with Gasteiger partial charge in [-0.3, -0.25) is 9.36 Å². The van der Waals surface area contributed by atoms with E-state index >= 15 is 0 Å². The molecule has 0 spiro atoms. The van der Waals surface area contributed by atoms with Crippen LogP contribution in [0, 0.1) is 0 Å². The van der Waals surface area contributed by atoms with E-state index in [1.807, 2.05) is 30.3 Å². The minimum Gasteiger partial charge on any atom is -0.505 e. The molecular weight excluding hydrogens is 469 g/mol. The van der Waals surface area contributed by atoms with Gasteiger partial charge in [0.05, 0.1) is 17.5 Å². The largest absolute Gasteiger partial charge is 0.505 e. The van der Waals surface area contributed by atoms with Crippen LogP contribution in [-0.4, -0.2) is 16.3 Å². The monoisotopic (exact) mass is 501 g/mol. The summed E-state index contributed by atoms with van der Waals surface area (Å²) in [4.78, 5) is 12.2. The van der Waals surface area contributed by atoms with Gasteiger partial charge in [-0.15, -0.1) is 24.8 Å². The fourth-order valence-electron chi connectivity index (χ4n) is 3.63. The molecule has 0 bridgehead atoms. The number of nitrogens with zero attached hydrogens (tertiary/aromatic N) is 1. The van der Waals surface area contributed by atoms with Gasteiger partial charge in [0.15, 0.2) is 0 Å². The van der Waals surface area contributed by atoms with Gasteiger partial charge < -0.3 is 21.3 Å². The molecule has 1 aromatic heterocycles. The lowest BCUT2D eigenvalue weighted by atomic mass is 10.0. The summed E-state index contributed by atoms with van der Waals surface area (Å²) >= 11 is 1.08. The van der Waals surface area contributed by atoms with Crippen LogP contribution in [0.3, 0.4) is 0 Å². The van der Waals surface area contributed by atoms with Crippen molar-refractivity contribution in [3.63, 3.8) is 0 Å². The van der Waals surface area contributed by atoms with Crippen LogP contribution >= 0.6 is 36.2 Å². The number of aromatic nitrogens is 1. The molecule has 178 valence electrons. The summed E-state index contributed by atoms with van der Waals surface area (Å²) in [5.41, 5.74) is 14.9. The van der Waals surface area contributed by atoms with E-state index in [1.165, 1.54) is 4.57 Å². The number of thiazole rings is 1. The second-order valence-corrected chi connectivity index (χ2v) is 8.67. The van der Waals surface area contributed by atoms with Crippen molar-refractivity contribution in [1.82, 2.24) is 4.57 Å². The quantitative estimate of drug-likeness (QED) is 0.254. The first kappa shape index (κ1) is 28.1. The highest BCUT2D eigenvalue weighted by atomic mass is 35.5. The van der Waals surface area contributed by atoms with E-state index in [9.17, 15) is 9.90 Å². The molecular formula is C23H33Cl2N3O3S. The summed E-state index contributed by atoms with van der Waals surface area (Å²) in [6.45, 7) is 4.38. The van der Waals surface area contributed by atoms with Crippen molar-refractivity contribution in [3.8, 4) is 11.5 Å². The van der Waals surface area contributed by atoms with Crippen molar-refractivity contribution in [2.24, 2.45) is 5.73 Å². The fourth-order valence-corrected chi connectivity index (χ4v) is 4.63. The molecule has 0 fully saturated rings. The fraction of sp³-hybridized carbons (Fsp3) is 0.435. The van der Waals surface area contributed by atoms with Gasteiger partial charge in [0.25, 0.3) is 0 Å². The number of nitrogen functional groups attached to an aromatic ring is 1. The summed E-state index contributed by atoms with van der Waals surface area (Å²) in [7, 11) is 0. The van der Waals surface area contributed by atoms with E-state index < -0.39 is 6.17 Å². The zero-order valence-corrected chi connectivity index (χ0v) is 21.0. The number of ether oxygens (including phenoxy) is 1. The van der Waals surface area contributed by atoms with E-state index in [-0.39, 0.29) is 35.4 Å². The Bertz CT molecular complexity index is 1050. The van der Waals surface area contributed by atoms with Crippen LogP contribution < -0.4 is 21.1 Å². The Kier molecular flexibility index (Phi) is 11.4. The van der Waals surface area contributed by atoms with Gasteiger partial charge in [-0.05, 0) is 37.5 Å². The average Bonchev–Trinajstić information content (AvgIpc) is 3.05. The highest BCUT2D eigenvalue weighted by Gasteiger charge is 2.21. The molecule has 0 amide bonds. The number of halogens is 2. The van der Waals surface area contributed by atoms with Gasteiger partial charge in [-0.25, -0.2) is 0 Å². The van der Waals surface area contributed by atoms with Crippen LogP contribution in [-0.2, 0) is 12.8 Å². The first-order chi connectivity index (χ1) is 14.4. The third-order valence-corrected chi connectivity index (χ3v) is 6.16. The van der Waals surface area contributed by atoms with E-state index in [4.69, 9.17) is 16.2 Å². The molecule has 6 nitrogen and oxygen atoms in total. The van der Waals surface area contributed by atoms with Crippen molar-refractivity contribution >= 4 is 52.1 Å². The molecule has 1 atom stereocenters. The molecule has 3 aromatic rings. The van der Waals surface area contributed by atoms with E-state index in [2.05, 4.69) is 6.92 Å². The van der Waals surface area contributed by atoms with E-state index in [0.717, 1.165) is 60.3 Å². The number of anilines is 1. The highest BCUT2D eigenvalue weighted by Crippen LogP contribution is 2.39. The summed E-state index contributed by atoms with van der Waals surface area (Å²) in [5, 5.41) is 11.1. The summed E-state index contributed by atoms with van der Waals surface area (Å²) < 4.78 is 8.25. The van der Waals surface area contributed by atoms with E-state index in [0.29, 0.717) is 29.0 Å². The maximum Gasteiger partial charge on any atom is 0.309 e. The molecule has 0 radical (unpaired) electrons. The van der Waals surface area contributed by atoms with Crippen LogP contribution in [0.2, 0.25) is 0 Å². The Morgan fingerprint density at radius 1 is 1.12 bits per heavy atom. The summed E-state index contributed by atoms with van der Waals surface area (Å²) in [5.74, 6) is 0.757. The molecule has 1 heterocycles. The second-order valence-electron chi connectivity index (χ2n) is 7.68. The topological polar surface area (TPSA) is 104 Å². The lowest BCUT2D eigenvalue weighted by molar-refractivity contribution is 0.316. The van der Waals surface area contributed by atoms with Crippen LogP contribution in [0.15, 0.2) is 35.1 Å². The lowest BCUT2D eigenvalue weighted by Gasteiger charge is -2.16. The predicted molar refractivity (Wildman–Crippen MR) is 139 cm³/mol. The number of unbranched alkanes of at least 4 members (excludes halogenated alkanes) is 3. The first-order valence-electron chi connectivity index (χ1n) is 10.5. The normalized spacial score (nSPS) is 11.6. The van der Waals surface area contributed by atoms with Crippen LogP contribution in [0.1, 0.15) is 56.8 Å². The molecule has 0 aliphatic rings. The molecule has 1 unspecified atom stereocenters. The van der Waals surface area contributed by atoms with Crippen molar-refractivity contribution in [3.05, 3.63) is 51.1 Å². The number of phenolic OH excluding ortho intramolecular Hbond substituents is 1. The molecule has 2 aromatic carbocycles. The Balaban J connectivity index is 0.00000256. The maximum absolute atomic E-state index is 12.4. The number of hydrogen-bond donors (Lipinski definition) is 3. The second kappa shape index (κ2) is 12.9. The zero-order valence-electron chi connectivity index (χ0n) is 18.5. The molecule has 0 saturated carbocycles. The highest BCUT2D eigenvalue weighted by molar-refractivity contribution is 7.16. The smallest absolute Gasteiger partial charge is 0.309 e. The molecule has 0 aliphatic heterocycles. The van der Waals surface area contributed by atoms with Gasteiger partial charge in [-0.2, -0.15) is 0 Å². The van der Waals surface area contributed by atoms with Gasteiger partial charge in [0.2, 0.25) is 0 Å². The molecule has 32 heavy (non-hydrogen) atoms. The molecule has 3 rings (SSSR count). The molecule has 5 N–H and O–H groups in total. The lowest BCUT2D eigenvalue weighted by Crippen LogP contribution is -2.23. The summed E-state index contributed by atoms with van der Waals surface area (Å²) in [6, 6.07) is 9.60. The first-order valence-corrected chi connectivity index (χ1v) is 11.4. The Morgan fingerprint density at radius 2 is 1.81 bits per heavy atom. The maximum atomic E-state index is 12.4. The number of benzene rings is 2. The Labute approximate surface area is 205 Å². The number of phenols is 1. The number of aromatic hydroxyl groups is 1. The number of hydrogen-bond acceptors (Lipinski definition) is 6. The number of rotatable bonds is 10. The zero-order chi connectivity index (χ0) is 21.7. The van der Waals surface area contributed by atoms with Gasteiger partial charge in [0, 0.05) is 23.7 Å². The average molecular weight is 503 g/mol. The molecule has 0 aliphatic carbocycles. The standard InChI is InChI=1S/C23H31N3O3S.2ClH/c1-3-4-5-6-7-18-19(29-13-12-16-8-10-17(25)11-9-16)14-20-21(22(18)27)26(15(2)24)23(28)30-20;;/h8-11,14-15,27H,3-7,12-13,24-25H2,1-2H3;2*1H. The van der Waals surface area contributed by atoms with Gasteiger partial charge in [-0.1, -0.05) is 49.7 Å². The Morgan fingerprint density at radius 3 is 2.44 bits per heavy atom. The Hall–Kier alpha value is -1.93. The van der Waals surface area contributed by atoms with E-state index in [1.54, 1.807) is 6.92 Å². The van der Waals surface area contributed by atoms with Gasteiger partial charge >= 0.3 is 4.87 Å². The van der Waals surface area contributed by atoms with Crippen LogP contribution in [0.4, 0.5) is 5.69 Å². The van der Waals surface area contributed by atoms with Crippen LogP contribution in [0.25, 0.3) is 10.2 Å². The minimum absolute atomic E-state index is 0. The van der Waals surface area contributed by atoms with Crippen LogP contribution in [0.5, 0.6) is 11.5 Å². The van der Waals surface area contributed by atoms with Crippen molar-refractivity contribution in [2.45, 2.75) is 58.5 Å². The minimum atomic E-state index is -0.512. The SMILES string of the molecule is CCCCCCc1c(OCCc2ccc(N)cc2)cc2sc(=O)n(C(C)N)c2c1O.Cl.Cl.